The van der Waals surface area contributed by atoms with Crippen LogP contribution in [0.1, 0.15) is 18.9 Å². The van der Waals surface area contributed by atoms with Crippen molar-refractivity contribution in [2.75, 3.05) is 6.54 Å². The van der Waals surface area contributed by atoms with Crippen molar-refractivity contribution < 1.29 is 32.6 Å². The number of amides is 1. The number of hydrogen-bond acceptors (Lipinski definition) is 3. The highest BCUT2D eigenvalue weighted by atomic mass is 19.4. The zero-order chi connectivity index (χ0) is 16.8. The molecular formula is C14H16F3NO4. The van der Waals surface area contributed by atoms with Crippen molar-refractivity contribution in [3.8, 4) is 5.75 Å². The summed E-state index contributed by atoms with van der Waals surface area (Å²) in [6.07, 6.45) is -4.98. The monoisotopic (exact) mass is 319 g/mol. The molecule has 0 aromatic heterocycles. The van der Waals surface area contributed by atoms with Crippen LogP contribution in [0.25, 0.3) is 0 Å². The van der Waals surface area contributed by atoms with Gasteiger partial charge in [0.25, 0.3) is 0 Å². The molecule has 0 spiro atoms. The topological polar surface area (TPSA) is 75.6 Å². The number of ether oxygens (including phenoxy) is 1. The van der Waals surface area contributed by atoms with Gasteiger partial charge in [-0.05, 0) is 23.6 Å². The van der Waals surface area contributed by atoms with E-state index < -0.39 is 24.0 Å². The predicted octanol–water partition coefficient (Wildman–Crippen LogP) is 2.35. The molecule has 0 saturated heterocycles. The number of nitrogens with one attached hydrogen (secondary N) is 1. The predicted molar refractivity (Wildman–Crippen MR) is 71.3 cm³/mol. The number of carboxylic acid groups (broad SMARTS) is 1. The molecule has 1 amide bonds. The maximum Gasteiger partial charge on any atom is 0.573 e. The van der Waals surface area contributed by atoms with Crippen LogP contribution < -0.4 is 10.1 Å². The van der Waals surface area contributed by atoms with Crippen molar-refractivity contribution in [2.45, 2.75) is 26.1 Å². The summed E-state index contributed by atoms with van der Waals surface area (Å²) in [5, 5.41) is 11.1. The summed E-state index contributed by atoms with van der Waals surface area (Å²) in [6.45, 7) is 1.86. The van der Waals surface area contributed by atoms with Gasteiger partial charge in [-0.15, -0.1) is 13.2 Å². The molecule has 0 bridgehead atoms. The van der Waals surface area contributed by atoms with Crippen LogP contribution in [0.3, 0.4) is 0 Å². The molecule has 22 heavy (non-hydrogen) atoms. The maximum atomic E-state index is 12.1. The van der Waals surface area contributed by atoms with Crippen molar-refractivity contribution in [1.29, 1.82) is 0 Å². The van der Waals surface area contributed by atoms with Crippen LogP contribution in [-0.4, -0.2) is 29.9 Å². The quantitative estimate of drug-likeness (QED) is 0.809. The molecule has 0 fully saturated rings. The first-order chi connectivity index (χ1) is 10.2. The fourth-order valence-electron chi connectivity index (χ4n) is 1.76. The molecule has 1 aromatic rings. The first-order valence-corrected chi connectivity index (χ1v) is 6.49. The number of alkyl halides is 3. The standard InChI is InChI=1S/C14H16F3NO4/c1-9(5-13(20)21)8-18-12(19)7-10-3-2-4-11(6-10)22-14(15,16)17/h2-4,6,9H,5,7-8H2,1H3,(H,18,19)(H,20,21). The molecule has 122 valence electrons. The minimum atomic E-state index is -4.78. The molecule has 5 nitrogen and oxygen atoms in total. The van der Waals surface area contributed by atoms with E-state index >= 15 is 0 Å². The molecule has 1 unspecified atom stereocenters. The van der Waals surface area contributed by atoms with E-state index in [1.807, 2.05) is 0 Å². The van der Waals surface area contributed by atoms with Crippen molar-refractivity contribution in [3.63, 3.8) is 0 Å². The van der Waals surface area contributed by atoms with Crippen LogP contribution >= 0.6 is 0 Å². The Kier molecular flexibility index (Phi) is 6.21. The van der Waals surface area contributed by atoms with E-state index in [0.29, 0.717) is 5.56 Å². The summed E-state index contributed by atoms with van der Waals surface area (Å²) in [7, 11) is 0. The normalized spacial score (nSPS) is 12.5. The summed E-state index contributed by atoms with van der Waals surface area (Å²) in [4.78, 5) is 22.2. The summed E-state index contributed by atoms with van der Waals surface area (Å²) < 4.78 is 40.1. The Labute approximate surface area is 125 Å². The lowest BCUT2D eigenvalue weighted by molar-refractivity contribution is -0.274. The van der Waals surface area contributed by atoms with Crippen LogP contribution in [0.2, 0.25) is 0 Å². The highest BCUT2D eigenvalue weighted by Crippen LogP contribution is 2.23. The lowest BCUT2D eigenvalue weighted by Crippen LogP contribution is -2.30. The van der Waals surface area contributed by atoms with Gasteiger partial charge in [-0.1, -0.05) is 19.1 Å². The molecule has 0 radical (unpaired) electrons. The first kappa shape index (κ1) is 17.8. The van der Waals surface area contributed by atoms with E-state index in [4.69, 9.17) is 5.11 Å². The second kappa shape index (κ2) is 7.67. The number of rotatable bonds is 7. The second-order valence-electron chi connectivity index (χ2n) is 4.88. The Morgan fingerprint density at radius 1 is 1.36 bits per heavy atom. The van der Waals surface area contributed by atoms with E-state index in [2.05, 4.69) is 10.1 Å². The van der Waals surface area contributed by atoms with Crippen molar-refractivity contribution in [3.05, 3.63) is 29.8 Å². The van der Waals surface area contributed by atoms with E-state index in [-0.39, 0.29) is 25.3 Å². The van der Waals surface area contributed by atoms with Gasteiger partial charge in [0.15, 0.2) is 0 Å². The number of carbonyl (C=O) groups excluding carboxylic acids is 1. The SMILES string of the molecule is CC(CNC(=O)Cc1cccc(OC(F)(F)F)c1)CC(=O)O. The molecule has 0 heterocycles. The number of halogens is 3. The molecule has 0 saturated carbocycles. The summed E-state index contributed by atoms with van der Waals surface area (Å²) in [5.74, 6) is -1.99. The Bertz CT molecular complexity index is 531. The largest absolute Gasteiger partial charge is 0.573 e. The van der Waals surface area contributed by atoms with Gasteiger partial charge in [0.1, 0.15) is 5.75 Å². The Balaban J connectivity index is 2.51. The second-order valence-corrected chi connectivity index (χ2v) is 4.88. The molecular weight excluding hydrogens is 303 g/mol. The molecule has 0 aliphatic rings. The van der Waals surface area contributed by atoms with Crippen molar-refractivity contribution >= 4 is 11.9 Å². The average Bonchev–Trinajstić information content (AvgIpc) is 2.34. The van der Waals surface area contributed by atoms with Gasteiger partial charge in [-0.3, -0.25) is 9.59 Å². The van der Waals surface area contributed by atoms with E-state index in [9.17, 15) is 22.8 Å². The fraction of sp³-hybridized carbons (Fsp3) is 0.429. The summed E-state index contributed by atoms with van der Waals surface area (Å²) in [5.41, 5.74) is 0.366. The first-order valence-electron chi connectivity index (χ1n) is 6.49. The van der Waals surface area contributed by atoms with Crippen molar-refractivity contribution in [2.24, 2.45) is 5.92 Å². The van der Waals surface area contributed by atoms with E-state index in [1.165, 1.54) is 12.1 Å². The Morgan fingerprint density at radius 3 is 2.64 bits per heavy atom. The lowest BCUT2D eigenvalue weighted by Gasteiger charge is -2.12. The van der Waals surface area contributed by atoms with Crippen molar-refractivity contribution in [1.82, 2.24) is 5.32 Å². The van der Waals surface area contributed by atoms with Gasteiger partial charge in [-0.25, -0.2) is 0 Å². The average molecular weight is 319 g/mol. The number of hydrogen-bond donors (Lipinski definition) is 2. The molecule has 1 aromatic carbocycles. The van der Waals surface area contributed by atoms with Crippen LogP contribution in [0.5, 0.6) is 5.75 Å². The van der Waals surface area contributed by atoms with Gasteiger partial charge >= 0.3 is 12.3 Å². The smallest absolute Gasteiger partial charge is 0.481 e. The Morgan fingerprint density at radius 2 is 2.05 bits per heavy atom. The maximum absolute atomic E-state index is 12.1. The fourth-order valence-corrected chi connectivity index (χ4v) is 1.76. The third kappa shape index (κ3) is 7.51. The number of aliphatic carboxylic acids is 1. The third-order valence-corrected chi connectivity index (χ3v) is 2.67. The molecule has 0 aliphatic heterocycles. The number of carboxylic acids is 1. The van der Waals surface area contributed by atoms with Crippen LogP contribution in [0, 0.1) is 5.92 Å². The van der Waals surface area contributed by atoms with Gasteiger partial charge in [0.2, 0.25) is 5.91 Å². The van der Waals surface area contributed by atoms with Gasteiger partial charge in [0.05, 0.1) is 6.42 Å². The van der Waals surface area contributed by atoms with Gasteiger partial charge in [0, 0.05) is 13.0 Å². The lowest BCUT2D eigenvalue weighted by atomic mass is 10.1. The highest BCUT2D eigenvalue weighted by molar-refractivity contribution is 5.78. The minimum absolute atomic E-state index is 0.0742. The van der Waals surface area contributed by atoms with E-state index in [1.54, 1.807) is 6.92 Å². The van der Waals surface area contributed by atoms with E-state index in [0.717, 1.165) is 12.1 Å². The van der Waals surface area contributed by atoms with Crippen LogP contribution in [0.15, 0.2) is 24.3 Å². The zero-order valence-corrected chi connectivity index (χ0v) is 11.8. The third-order valence-electron chi connectivity index (χ3n) is 2.67. The molecule has 1 rings (SSSR count). The molecule has 0 aliphatic carbocycles. The van der Waals surface area contributed by atoms with Crippen LogP contribution in [0.4, 0.5) is 13.2 Å². The molecule has 2 N–H and O–H groups in total. The summed E-state index contributed by atoms with van der Waals surface area (Å²) >= 11 is 0. The summed E-state index contributed by atoms with van der Waals surface area (Å²) in [6, 6.07) is 5.14. The van der Waals surface area contributed by atoms with Gasteiger partial charge in [-0.2, -0.15) is 0 Å². The number of carbonyl (C=O) groups is 2. The van der Waals surface area contributed by atoms with Crippen LogP contribution in [-0.2, 0) is 16.0 Å². The highest BCUT2D eigenvalue weighted by Gasteiger charge is 2.31. The van der Waals surface area contributed by atoms with Gasteiger partial charge < -0.3 is 15.2 Å². The molecule has 1 atom stereocenters. The number of benzene rings is 1. The Hall–Kier alpha value is -2.25. The minimum Gasteiger partial charge on any atom is -0.481 e. The molecule has 8 heteroatoms. The zero-order valence-electron chi connectivity index (χ0n) is 11.8.